The Morgan fingerprint density at radius 3 is 2.00 bits per heavy atom. The maximum atomic E-state index is 6.92. The van der Waals surface area contributed by atoms with Crippen molar-refractivity contribution in [2.45, 2.75) is 154 Å². The predicted molar refractivity (Wildman–Crippen MR) is 155 cm³/mol. The summed E-state index contributed by atoms with van der Waals surface area (Å²) in [6.07, 6.45) is 17.9. The van der Waals surface area contributed by atoms with Crippen molar-refractivity contribution < 1.29 is 14.2 Å². The van der Waals surface area contributed by atoms with Crippen LogP contribution in [0.4, 0.5) is 0 Å². The summed E-state index contributed by atoms with van der Waals surface area (Å²) in [5, 5.41) is 0. The molecule has 0 saturated carbocycles. The molecule has 0 aromatic heterocycles. The maximum absolute atomic E-state index is 6.92. The summed E-state index contributed by atoms with van der Waals surface area (Å²) in [6.45, 7) is 20.2. The Balaban J connectivity index is 2.86. The van der Waals surface area contributed by atoms with Gasteiger partial charge in [-0.2, -0.15) is 0 Å². The normalized spacial score (nSPS) is 19.8. The molecule has 1 saturated heterocycles. The average molecular weight is 604 g/mol. The molecule has 1 aliphatic heterocycles. The van der Waals surface area contributed by atoms with E-state index in [1.54, 1.807) is 0 Å². The van der Waals surface area contributed by atoms with Gasteiger partial charge in [0.2, 0.25) is 0 Å². The molecule has 0 aliphatic carbocycles. The van der Waals surface area contributed by atoms with Crippen molar-refractivity contribution in [3.05, 3.63) is 12.2 Å². The summed E-state index contributed by atoms with van der Waals surface area (Å²) in [7, 11) is -0.994. The van der Waals surface area contributed by atoms with Gasteiger partial charge < -0.3 is 0 Å². The van der Waals surface area contributed by atoms with Crippen LogP contribution in [0.15, 0.2) is 12.2 Å². The predicted octanol–water partition coefficient (Wildman–Crippen LogP) is 9.37. The molecule has 0 aromatic rings. The van der Waals surface area contributed by atoms with Gasteiger partial charge in [-0.3, -0.25) is 0 Å². The van der Waals surface area contributed by atoms with Crippen LogP contribution in [0.5, 0.6) is 0 Å². The monoisotopic (exact) mass is 604 g/mol. The Hall–Kier alpha value is 0.636. The van der Waals surface area contributed by atoms with Gasteiger partial charge in [-0.05, 0) is 0 Å². The number of rotatable bonds is 20. The number of allylic oxidation sites excluding steroid dienone is 1. The molecule has 202 valence electrons. The van der Waals surface area contributed by atoms with Gasteiger partial charge in [0.05, 0.1) is 0 Å². The third kappa shape index (κ3) is 13.8. The molecule has 1 rings (SSSR count). The number of hydrogen-bond donors (Lipinski definition) is 0. The molecular weight excluding hydrogens is 543 g/mol. The zero-order valence-electron chi connectivity index (χ0n) is 24.3. The summed E-state index contributed by atoms with van der Waals surface area (Å²) < 4.78 is 24.0. The van der Waals surface area contributed by atoms with Crippen LogP contribution in [-0.2, 0) is 14.2 Å². The third-order valence-corrected chi connectivity index (χ3v) is 25.5. The van der Waals surface area contributed by atoms with Crippen molar-refractivity contribution in [2.24, 2.45) is 0 Å². The van der Waals surface area contributed by atoms with Crippen LogP contribution < -0.4 is 0 Å². The third-order valence-electron chi connectivity index (χ3n) is 7.33. The Kier molecular flexibility index (Phi) is 16.5. The molecule has 34 heavy (non-hydrogen) atoms. The molecule has 0 spiro atoms. The SMILES string of the molecule is CCC[CH2][Sn]([CH2]CCC)([CH2]CCC)[CH](CCCC1COC(C)(C)O1)OCC/C=C/C[Si](C)(C)C. The molecule has 0 radical (unpaired) electrons. The number of hydrogen-bond acceptors (Lipinski definition) is 3. The van der Waals surface area contributed by atoms with Crippen LogP contribution in [0.1, 0.15) is 98.8 Å². The van der Waals surface area contributed by atoms with E-state index in [2.05, 4.69) is 52.6 Å². The van der Waals surface area contributed by atoms with Crippen molar-refractivity contribution in [1.82, 2.24) is 0 Å². The first-order valence-electron chi connectivity index (χ1n) is 14.7. The van der Waals surface area contributed by atoms with Crippen LogP contribution in [-0.4, -0.2) is 55.7 Å². The van der Waals surface area contributed by atoms with Gasteiger partial charge in [0.15, 0.2) is 0 Å². The summed E-state index contributed by atoms with van der Waals surface area (Å²) >= 11 is -2.44. The van der Waals surface area contributed by atoms with Gasteiger partial charge in [-0.15, -0.1) is 0 Å². The van der Waals surface area contributed by atoms with Crippen LogP contribution >= 0.6 is 0 Å². The molecule has 0 aromatic carbocycles. The number of ether oxygens (including phenoxy) is 3. The van der Waals surface area contributed by atoms with Crippen LogP contribution in [0.2, 0.25) is 39.0 Å². The van der Waals surface area contributed by atoms with E-state index < -0.39 is 32.2 Å². The summed E-state index contributed by atoms with van der Waals surface area (Å²) in [4.78, 5) is 0. The van der Waals surface area contributed by atoms with E-state index >= 15 is 0 Å². The van der Waals surface area contributed by atoms with Crippen molar-refractivity contribution in [3.63, 3.8) is 0 Å². The standard InChI is InChI=1S/C17H33O3Si.3C4H9.Sn/c1-17(2)19-15-16(20-17)11-7-9-13-18-12-8-6-10-14-21(3,4)5;3*1-3-4-2;/h6,10,13,16H,7-9,11-12,14-15H2,1-5H3;3*1,3-4H2,2H3;/b10-6+;;;;. The van der Waals surface area contributed by atoms with Crippen molar-refractivity contribution in [2.75, 3.05) is 13.2 Å². The average Bonchev–Trinajstić information content (AvgIpc) is 3.12. The molecule has 3 nitrogen and oxygen atoms in total. The molecule has 2 atom stereocenters. The molecule has 2 unspecified atom stereocenters. The molecule has 1 heterocycles. The fraction of sp³-hybridized carbons (Fsp3) is 0.931. The van der Waals surface area contributed by atoms with Crippen LogP contribution in [0.3, 0.4) is 0 Å². The first kappa shape index (κ1) is 32.7. The molecular formula is C29H60O3SiSn. The van der Waals surface area contributed by atoms with Crippen LogP contribution in [0, 0.1) is 0 Å². The minimum atomic E-state index is -2.44. The van der Waals surface area contributed by atoms with E-state index in [1.165, 1.54) is 70.7 Å². The second-order valence-electron chi connectivity index (χ2n) is 12.4. The van der Waals surface area contributed by atoms with E-state index in [1.807, 2.05) is 13.8 Å². The van der Waals surface area contributed by atoms with Crippen molar-refractivity contribution >= 4 is 26.5 Å². The molecule has 1 aliphatic rings. The van der Waals surface area contributed by atoms with Gasteiger partial charge in [0.1, 0.15) is 0 Å². The Morgan fingerprint density at radius 2 is 1.53 bits per heavy atom. The molecule has 0 bridgehead atoms. The zero-order chi connectivity index (χ0) is 25.5. The first-order valence-corrected chi connectivity index (χ1v) is 26.1. The second kappa shape index (κ2) is 17.2. The molecule has 5 heteroatoms. The fourth-order valence-electron chi connectivity index (χ4n) is 5.28. The van der Waals surface area contributed by atoms with Crippen molar-refractivity contribution in [1.29, 1.82) is 0 Å². The summed E-state index contributed by atoms with van der Waals surface area (Å²) in [5.41, 5.74) is 0. The summed E-state index contributed by atoms with van der Waals surface area (Å²) in [6, 6.07) is 1.28. The van der Waals surface area contributed by atoms with E-state index in [9.17, 15) is 0 Å². The minimum absolute atomic E-state index is 0.256. The number of unbranched alkanes of at least 4 members (excludes halogenated alkanes) is 3. The van der Waals surface area contributed by atoms with Gasteiger partial charge in [0, 0.05) is 0 Å². The first-order chi connectivity index (χ1) is 16.1. The van der Waals surface area contributed by atoms with Gasteiger partial charge in [-0.25, -0.2) is 0 Å². The molecule has 0 N–H and O–H groups in total. The van der Waals surface area contributed by atoms with Crippen LogP contribution in [0.25, 0.3) is 0 Å². The van der Waals surface area contributed by atoms with E-state index in [4.69, 9.17) is 14.2 Å². The Morgan fingerprint density at radius 1 is 0.941 bits per heavy atom. The molecule has 0 amide bonds. The Bertz CT molecular complexity index is 522. The van der Waals surface area contributed by atoms with E-state index in [0.29, 0.717) is 4.12 Å². The van der Waals surface area contributed by atoms with Gasteiger partial charge >= 0.3 is 220 Å². The zero-order valence-corrected chi connectivity index (χ0v) is 28.2. The van der Waals surface area contributed by atoms with Gasteiger partial charge in [-0.1, -0.05) is 0 Å². The quantitative estimate of drug-likeness (QED) is 0.0789. The van der Waals surface area contributed by atoms with Gasteiger partial charge in [0.25, 0.3) is 0 Å². The topological polar surface area (TPSA) is 27.7 Å². The fourth-order valence-corrected chi connectivity index (χ4v) is 23.8. The Labute approximate surface area is 219 Å². The van der Waals surface area contributed by atoms with E-state index in [0.717, 1.165) is 26.1 Å². The molecule has 1 fully saturated rings. The second-order valence-corrected chi connectivity index (χ2v) is 31.9. The van der Waals surface area contributed by atoms with Crippen molar-refractivity contribution in [3.8, 4) is 0 Å². The van der Waals surface area contributed by atoms with E-state index in [-0.39, 0.29) is 6.10 Å². The summed E-state index contributed by atoms with van der Waals surface area (Å²) in [5.74, 6) is -0.408.